The largest absolute Gasteiger partial charge is 0.392 e. The van der Waals surface area contributed by atoms with Gasteiger partial charge in [0.1, 0.15) is 0 Å². The molecule has 0 aromatic rings. The maximum Gasteiger partial charge on any atom is 0.233 e. The molecule has 15 heavy (non-hydrogen) atoms. The maximum absolute atomic E-state index is 10.8. The minimum absolute atomic E-state index is 0.104. The quantitative estimate of drug-likeness (QED) is 0.229. The SMILES string of the molecule is CC(O)CN(C)CCCCCC(=O)NN. The molecule has 5 nitrogen and oxygen atoms in total. The molecule has 0 fully saturated rings. The van der Waals surface area contributed by atoms with Crippen molar-refractivity contribution < 1.29 is 9.90 Å². The molecule has 5 heteroatoms. The summed E-state index contributed by atoms with van der Waals surface area (Å²) in [5, 5.41) is 9.12. The number of likely N-dealkylation sites (N-methyl/N-ethyl adjacent to an activating group) is 1. The molecule has 0 bridgehead atoms. The highest BCUT2D eigenvalue weighted by Gasteiger charge is 2.02. The van der Waals surface area contributed by atoms with Gasteiger partial charge in [-0.25, -0.2) is 5.84 Å². The van der Waals surface area contributed by atoms with Crippen LogP contribution in [0, 0.1) is 0 Å². The number of unbranched alkanes of at least 4 members (excludes halogenated alkanes) is 2. The predicted octanol–water partition coefficient (Wildman–Crippen LogP) is -0.151. The zero-order valence-corrected chi connectivity index (χ0v) is 9.70. The third-order valence-electron chi connectivity index (χ3n) is 2.18. The number of carbonyl (C=O) groups excluding carboxylic acids is 1. The zero-order chi connectivity index (χ0) is 11.7. The highest BCUT2D eigenvalue weighted by Crippen LogP contribution is 2.01. The number of hydrogen-bond acceptors (Lipinski definition) is 4. The van der Waals surface area contributed by atoms with Gasteiger partial charge in [0.2, 0.25) is 5.91 Å². The number of amides is 1. The van der Waals surface area contributed by atoms with Crippen LogP contribution >= 0.6 is 0 Å². The summed E-state index contributed by atoms with van der Waals surface area (Å²) in [6.07, 6.45) is 3.14. The zero-order valence-electron chi connectivity index (χ0n) is 9.70. The lowest BCUT2D eigenvalue weighted by molar-refractivity contribution is -0.121. The standard InChI is InChI=1S/C10H23N3O2/c1-9(14)8-13(2)7-5-3-4-6-10(15)12-11/h9,14H,3-8,11H2,1-2H3,(H,12,15). The second kappa shape index (κ2) is 8.64. The summed E-state index contributed by atoms with van der Waals surface area (Å²) < 4.78 is 0. The first kappa shape index (κ1) is 14.3. The van der Waals surface area contributed by atoms with Crippen LogP contribution in [0.4, 0.5) is 0 Å². The molecule has 90 valence electrons. The number of aliphatic hydroxyl groups excluding tert-OH is 1. The van der Waals surface area contributed by atoms with Crippen LogP contribution in [0.3, 0.4) is 0 Å². The number of aliphatic hydroxyl groups is 1. The van der Waals surface area contributed by atoms with Gasteiger partial charge in [-0.2, -0.15) is 0 Å². The molecule has 0 radical (unpaired) electrons. The van der Waals surface area contributed by atoms with E-state index >= 15 is 0 Å². The van der Waals surface area contributed by atoms with Gasteiger partial charge in [-0.05, 0) is 33.4 Å². The number of hydrogen-bond donors (Lipinski definition) is 3. The van der Waals surface area contributed by atoms with E-state index in [9.17, 15) is 4.79 Å². The molecule has 0 aromatic heterocycles. The molecule has 0 saturated heterocycles. The normalized spacial score (nSPS) is 12.9. The number of rotatable bonds is 8. The van der Waals surface area contributed by atoms with Crippen LogP contribution in [0.25, 0.3) is 0 Å². The minimum Gasteiger partial charge on any atom is -0.392 e. The van der Waals surface area contributed by atoms with Crippen molar-refractivity contribution >= 4 is 5.91 Å². The molecule has 0 spiro atoms. The highest BCUT2D eigenvalue weighted by molar-refractivity contribution is 5.74. The lowest BCUT2D eigenvalue weighted by atomic mass is 10.2. The number of nitrogens with two attached hydrogens (primary N) is 1. The third kappa shape index (κ3) is 9.65. The van der Waals surface area contributed by atoms with Crippen molar-refractivity contribution in [3.05, 3.63) is 0 Å². The van der Waals surface area contributed by atoms with Gasteiger partial charge < -0.3 is 10.0 Å². The minimum atomic E-state index is -0.280. The summed E-state index contributed by atoms with van der Waals surface area (Å²) in [6, 6.07) is 0. The van der Waals surface area contributed by atoms with Crippen LogP contribution in [0.1, 0.15) is 32.6 Å². The van der Waals surface area contributed by atoms with E-state index in [2.05, 4.69) is 10.3 Å². The molecule has 0 heterocycles. The number of carbonyl (C=O) groups is 1. The Morgan fingerprint density at radius 2 is 2.13 bits per heavy atom. The fraction of sp³-hybridized carbons (Fsp3) is 0.900. The van der Waals surface area contributed by atoms with Crippen molar-refractivity contribution in [2.24, 2.45) is 5.84 Å². The van der Waals surface area contributed by atoms with E-state index in [1.54, 1.807) is 6.92 Å². The first-order valence-electron chi connectivity index (χ1n) is 5.42. The van der Waals surface area contributed by atoms with Gasteiger partial charge in [0.25, 0.3) is 0 Å². The predicted molar refractivity (Wildman–Crippen MR) is 60.0 cm³/mol. The Hall–Kier alpha value is -0.650. The average molecular weight is 217 g/mol. The molecular weight excluding hydrogens is 194 g/mol. The highest BCUT2D eigenvalue weighted by atomic mass is 16.3. The summed E-state index contributed by atoms with van der Waals surface area (Å²) in [5.41, 5.74) is 2.11. The number of nitrogens with zero attached hydrogens (tertiary/aromatic N) is 1. The lowest BCUT2D eigenvalue weighted by Crippen LogP contribution is -2.30. The Balaban J connectivity index is 3.27. The number of nitrogens with one attached hydrogen (secondary N) is 1. The Kier molecular flexibility index (Phi) is 8.27. The van der Waals surface area contributed by atoms with Gasteiger partial charge in [-0.3, -0.25) is 10.2 Å². The summed E-state index contributed by atoms with van der Waals surface area (Å²) >= 11 is 0. The Morgan fingerprint density at radius 3 is 2.67 bits per heavy atom. The van der Waals surface area contributed by atoms with Gasteiger partial charge in [0.15, 0.2) is 0 Å². The summed E-state index contributed by atoms with van der Waals surface area (Å²) in [4.78, 5) is 12.9. The second-order valence-corrected chi connectivity index (χ2v) is 3.99. The Labute approximate surface area is 91.6 Å². The van der Waals surface area contributed by atoms with E-state index in [1.807, 2.05) is 7.05 Å². The summed E-state index contributed by atoms with van der Waals surface area (Å²) in [7, 11) is 1.99. The van der Waals surface area contributed by atoms with Gasteiger partial charge in [-0.1, -0.05) is 6.42 Å². The van der Waals surface area contributed by atoms with E-state index in [4.69, 9.17) is 10.9 Å². The fourth-order valence-corrected chi connectivity index (χ4v) is 1.46. The van der Waals surface area contributed by atoms with Crippen molar-refractivity contribution in [2.75, 3.05) is 20.1 Å². The summed E-state index contributed by atoms with van der Waals surface area (Å²) in [5.74, 6) is 4.85. The molecule has 0 rings (SSSR count). The maximum atomic E-state index is 10.8. The van der Waals surface area contributed by atoms with Crippen molar-refractivity contribution in [1.82, 2.24) is 10.3 Å². The topological polar surface area (TPSA) is 78.6 Å². The molecule has 0 aliphatic carbocycles. The van der Waals surface area contributed by atoms with Gasteiger partial charge >= 0.3 is 0 Å². The lowest BCUT2D eigenvalue weighted by Gasteiger charge is -2.17. The van der Waals surface area contributed by atoms with Crippen LogP contribution in [0.15, 0.2) is 0 Å². The van der Waals surface area contributed by atoms with E-state index in [-0.39, 0.29) is 12.0 Å². The summed E-state index contributed by atoms with van der Waals surface area (Å²) in [6.45, 7) is 3.43. The Bertz CT molecular complexity index is 174. The third-order valence-corrected chi connectivity index (χ3v) is 2.18. The van der Waals surface area contributed by atoms with E-state index in [1.165, 1.54) is 0 Å². The average Bonchev–Trinajstić information content (AvgIpc) is 2.15. The Morgan fingerprint density at radius 1 is 1.47 bits per heavy atom. The molecule has 4 N–H and O–H groups in total. The van der Waals surface area contributed by atoms with Crippen molar-refractivity contribution in [2.45, 2.75) is 38.7 Å². The molecule has 0 aliphatic heterocycles. The smallest absolute Gasteiger partial charge is 0.233 e. The van der Waals surface area contributed by atoms with Crippen molar-refractivity contribution in [3.8, 4) is 0 Å². The first-order valence-corrected chi connectivity index (χ1v) is 5.42. The van der Waals surface area contributed by atoms with Crippen molar-refractivity contribution in [1.29, 1.82) is 0 Å². The van der Waals surface area contributed by atoms with Crippen molar-refractivity contribution in [3.63, 3.8) is 0 Å². The second-order valence-electron chi connectivity index (χ2n) is 3.99. The monoisotopic (exact) mass is 217 g/mol. The van der Waals surface area contributed by atoms with Crippen LogP contribution in [0.5, 0.6) is 0 Å². The molecule has 1 atom stereocenters. The van der Waals surface area contributed by atoms with Gasteiger partial charge in [0.05, 0.1) is 6.10 Å². The number of hydrazine groups is 1. The van der Waals surface area contributed by atoms with Crippen LogP contribution < -0.4 is 11.3 Å². The molecular formula is C10H23N3O2. The van der Waals surface area contributed by atoms with E-state index in [0.717, 1.165) is 25.8 Å². The van der Waals surface area contributed by atoms with E-state index < -0.39 is 0 Å². The van der Waals surface area contributed by atoms with Crippen LogP contribution in [-0.4, -0.2) is 42.2 Å². The molecule has 0 saturated carbocycles. The molecule has 1 amide bonds. The van der Waals surface area contributed by atoms with Crippen LogP contribution in [-0.2, 0) is 4.79 Å². The van der Waals surface area contributed by atoms with Gasteiger partial charge in [0, 0.05) is 13.0 Å². The van der Waals surface area contributed by atoms with Crippen LogP contribution in [0.2, 0.25) is 0 Å². The van der Waals surface area contributed by atoms with Gasteiger partial charge in [-0.15, -0.1) is 0 Å². The van der Waals surface area contributed by atoms with E-state index in [0.29, 0.717) is 13.0 Å². The first-order chi connectivity index (χ1) is 7.06. The fourth-order valence-electron chi connectivity index (χ4n) is 1.46. The molecule has 1 unspecified atom stereocenters. The molecule has 0 aromatic carbocycles. The molecule has 0 aliphatic rings.